The van der Waals surface area contributed by atoms with E-state index in [4.69, 9.17) is 9.47 Å². The van der Waals surface area contributed by atoms with Gasteiger partial charge in [-0.1, -0.05) is 30.3 Å². The molecule has 4 rings (SSSR count). The Kier molecular flexibility index (Phi) is 4.55. The number of likely N-dealkylation sites (tertiary alicyclic amines) is 1. The van der Waals surface area contributed by atoms with Crippen LogP contribution in [-0.4, -0.2) is 43.2 Å². The largest absolute Gasteiger partial charge is 0.497 e. The molecule has 2 aromatic rings. The van der Waals surface area contributed by atoms with Crippen molar-refractivity contribution in [2.75, 3.05) is 26.7 Å². The summed E-state index contributed by atoms with van der Waals surface area (Å²) in [4.78, 5) is 14.8. The lowest BCUT2D eigenvalue weighted by atomic mass is 9.90. The Morgan fingerprint density at radius 1 is 1.15 bits per heavy atom. The third-order valence-electron chi connectivity index (χ3n) is 5.35. The lowest BCUT2D eigenvalue weighted by molar-refractivity contribution is 0.00384. The molecular formula is C21H24N2O3. The number of fused-ring (bicyclic) bond motifs is 1. The Hall–Kier alpha value is -2.53. The fourth-order valence-corrected chi connectivity index (χ4v) is 3.75. The van der Waals surface area contributed by atoms with E-state index >= 15 is 0 Å². The summed E-state index contributed by atoms with van der Waals surface area (Å²) in [6, 6.07) is 15.9. The monoisotopic (exact) mass is 352 g/mol. The van der Waals surface area contributed by atoms with Crippen LogP contribution in [0, 0.1) is 0 Å². The van der Waals surface area contributed by atoms with Crippen molar-refractivity contribution in [3.8, 4) is 11.5 Å². The number of nitrogens with zero attached hydrogens (tertiary/aromatic N) is 1. The molecule has 0 aliphatic carbocycles. The van der Waals surface area contributed by atoms with Crippen molar-refractivity contribution in [1.29, 1.82) is 0 Å². The van der Waals surface area contributed by atoms with Crippen LogP contribution in [0.5, 0.6) is 11.5 Å². The normalized spacial score (nSPS) is 19.2. The van der Waals surface area contributed by atoms with Crippen LogP contribution in [0.25, 0.3) is 0 Å². The summed E-state index contributed by atoms with van der Waals surface area (Å²) in [6.07, 6.45) is 1.77. The van der Waals surface area contributed by atoms with E-state index in [0.717, 1.165) is 32.5 Å². The van der Waals surface area contributed by atoms with Crippen LogP contribution in [0.3, 0.4) is 0 Å². The van der Waals surface area contributed by atoms with Crippen molar-refractivity contribution in [2.45, 2.75) is 25.0 Å². The summed E-state index contributed by atoms with van der Waals surface area (Å²) in [5, 5.41) is 3.04. The number of benzene rings is 2. The molecule has 1 amide bonds. The maximum Gasteiger partial charge on any atom is 0.255 e. The second kappa shape index (κ2) is 7.00. The summed E-state index contributed by atoms with van der Waals surface area (Å²) in [6.45, 7) is 3.39. The van der Waals surface area contributed by atoms with Gasteiger partial charge in [-0.2, -0.15) is 0 Å². The van der Waals surface area contributed by atoms with Gasteiger partial charge in [0, 0.05) is 38.5 Å². The summed E-state index contributed by atoms with van der Waals surface area (Å²) in [5.41, 5.74) is 1.56. The van der Waals surface area contributed by atoms with E-state index in [1.807, 2.05) is 12.1 Å². The average molecular weight is 352 g/mol. The fraction of sp³-hybridized carbons (Fsp3) is 0.381. The number of carbonyl (C=O) groups excluding carboxylic acids is 1. The van der Waals surface area contributed by atoms with Crippen molar-refractivity contribution < 1.29 is 14.3 Å². The molecule has 5 nitrogen and oxygen atoms in total. The van der Waals surface area contributed by atoms with Gasteiger partial charge in [0.25, 0.3) is 5.91 Å². The minimum absolute atomic E-state index is 0.0776. The zero-order chi connectivity index (χ0) is 18.0. The molecule has 1 fully saturated rings. The second-order valence-electron chi connectivity index (χ2n) is 7.09. The van der Waals surface area contributed by atoms with Gasteiger partial charge in [-0.15, -0.1) is 0 Å². The van der Waals surface area contributed by atoms with Crippen molar-refractivity contribution in [3.05, 3.63) is 59.7 Å². The van der Waals surface area contributed by atoms with Gasteiger partial charge < -0.3 is 14.8 Å². The quantitative estimate of drug-likeness (QED) is 0.923. The molecule has 2 aliphatic rings. The zero-order valence-corrected chi connectivity index (χ0v) is 15.0. The van der Waals surface area contributed by atoms with E-state index in [1.54, 1.807) is 19.2 Å². The molecule has 0 atom stereocenters. The summed E-state index contributed by atoms with van der Waals surface area (Å²) in [7, 11) is 1.62. The van der Waals surface area contributed by atoms with Crippen molar-refractivity contribution in [2.24, 2.45) is 0 Å². The lowest BCUT2D eigenvalue weighted by Crippen LogP contribution is -2.52. The van der Waals surface area contributed by atoms with Crippen LogP contribution in [0.15, 0.2) is 48.5 Å². The minimum atomic E-state index is -0.347. The summed E-state index contributed by atoms with van der Waals surface area (Å²) < 4.78 is 11.7. The van der Waals surface area contributed by atoms with Gasteiger partial charge in [0.05, 0.1) is 19.2 Å². The average Bonchev–Trinajstić information content (AvgIpc) is 2.81. The van der Waals surface area contributed by atoms with Gasteiger partial charge in [-0.05, 0) is 17.7 Å². The number of nitrogens with one attached hydrogen (secondary N) is 1. The molecule has 1 N–H and O–H groups in total. The second-order valence-corrected chi connectivity index (χ2v) is 7.09. The molecule has 0 aromatic heterocycles. The van der Waals surface area contributed by atoms with Crippen LogP contribution >= 0.6 is 0 Å². The van der Waals surface area contributed by atoms with E-state index in [1.165, 1.54) is 5.56 Å². The first kappa shape index (κ1) is 16.9. The molecule has 2 aromatic carbocycles. The maximum absolute atomic E-state index is 12.4. The molecule has 0 radical (unpaired) electrons. The van der Waals surface area contributed by atoms with Crippen molar-refractivity contribution in [1.82, 2.24) is 10.2 Å². The number of hydrogen-bond donors (Lipinski definition) is 1. The third kappa shape index (κ3) is 3.40. The minimum Gasteiger partial charge on any atom is -0.497 e. The van der Waals surface area contributed by atoms with Gasteiger partial charge in [-0.25, -0.2) is 0 Å². The Balaban J connectivity index is 1.48. The molecule has 0 unspecified atom stereocenters. The Morgan fingerprint density at radius 3 is 2.65 bits per heavy atom. The molecule has 2 heterocycles. The van der Waals surface area contributed by atoms with E-state index in [-0.39, 0.29) is 11.5 Å². The van der Waals surface area contributed by atoms with Gasteiger partial charge in [0.2, 0.25) is 0 Å². The van der Waals surface area contributed by atoms with E-state index in [9.17, 15) is 4.79 Å². The van der Waals surface area contributed by atoms with Crippen LogP contribution in [-0.2, 0) is 6.54 Å². The highest BCUT2D eigenvalue weighted by atomic mass is 16.5. The van der Waals surface area contributed by atoms with Crippen LogP contribution in [0.4, 0.5) is 0 Å². The Labute approximate surface area is 153 Å². The standard InChI is InChI=1S/C21H24N2O3/c1-25-17-7-8-18-19(13-17)26-21(15-22-20(18)24)9-11-23(12-10-21)14-16-5-3-2-4-6-16/h2-8,13H,9-12,14-15H2,1H3,(H,22,24). The van der Waals surface area contributed by atoms with E-state index in [2.05, 4.69) is 34.5 Å². The molecular weight excluding hydrogens is 328 g/mol. The van der Waals surface area contributed by atoms with Crippen LogP contribution in [0.2, 0.25) is 0 Å². The topological polar surface area (TPSA) is 50.8 Å². The third-order valence-corrected chi connectivity index (χ3v) is 5.35. The Bertz CT molecular complexity index is 783. The zero-order valence-electron chi connectivity index (χ0n) is 15.0. The molecule has 2 aliphatic heterocycles. The fourth-order valence-electron chi connectivity index (χ4n) is 3.75. The van der Waals surface area contributed by atoms with Gasteiger partial charge >= 0.3 is 0 Å². The first-order valence-corrected chi connectivity index (χ1v) is 9.09. The predicted molar refractivity (Wildman–Crippen MR) is 99.6 cm³/mol. The molecule has 1 spiro atoms. The first-order valence-electron chi connectivity index (χ1n) is 9.09. The summed E-state index contributed by atoms with van der Waals surface area (Å²) >= 11 is 0. The smallest absolute Gasteiger partial charge is 0.255 e. The number of amides is 1. The molecule has 136 valence electrons. The van der Waals surface area contributed by atoms with Gasteiger partial charge in [0.15, 0.2) is 0 Å². The van der Waals surface area contributed by atoms with E-state index < -0.39 is 0 Å². The molecule has 5 heteroatoms. The SMILES string of the molecule is COc1ccc2c(c1)OC1(CCN(Cc3ccccc3)CC1)CNC2=O. The van der Waals surface area contributed by atoms with Crippen LogP contribution in [0.1, 0.15) is 28.8 Å². The van der Waals surface area contributed by atoms with Gasteiger partial charge in [0.1, 0.15) is 17.1 Å². The summed E-state index contributed by atoms with van der Waals surface area (Å²) in [5.74, 6) is 1.25. The molecule has 0 bridgehead atoms. The highest BCUT2D eigenvalue weighted by Gasteiger charge is 2.40. The highest BCUT2D eigenvalue weighted by molar-refractivity contribution is 5.97. The maximum atomic E-state index is 12.4. The predicted octanol–water partition coefficient (Wildman–Crippen LogP) is 2.85. The van der Waals surface area contributed by atoms with E-state index in [0.29, 0.717) is 23.6 Å². The number of rotatable bonds is 3. The molecule has 26 heavy (non-hydrogen) atoms. The number of ether oxygens (including phenoxy) is 2. The highest BCUT2D eigenvalue weighted by Crippen LogP contribution is 2.35. The number of methoxy groups -OCH3 is 1. The van der Waals surface area contributed by atoms with Crippen molar-refractivity contribution in [3.63, 3.8) is 0 Å². The molecule has 0 saturated carbocycles. The number of carbonyl (C=O) groups is 1. The van der Waals surface area contributed by atoms with Crippen LogP contribution < -0.4 is 14.8 Å². The number of hydrogen-bond acceptors (Lipinski definition) is 4. The number of piperidine rings is 1. The first-order chi connectivity index (χ1) is 12.7. The molecule has 1 saturated heterocycles. The van der Waals surface area contributed by atoms with Crippen molar-refractivity contribution >= 4 is 5.91 Å². The van der Waals surface area contributed by atoms with Gasteiger partial charge in [-0.3, -0.25) is 9.69 Å². The Morgan fingerprint density at radius 2 is 1.92 bits per heavy atom. The lowest BCUT2D eigenvalue weighted by Gasteiger charge is -2.41.